The molecule has 2 rings (SSSR count). The summed E-state index contributed by atoms with van der Waals surface area (Å²) < 4.78 is 15.0. The van der Waals surface area contributed by atoms with Gasteiger partial charge in [0.25, 0.3) is 0 Å². The van der Waals surface area contributed by atoms with Crippen molar-refractivity contribution in [1.29, 1.82) is 0 Å². The van der Waals surface area contributed by atoms with Crippen molar-refractivity contribution in [3.05, 3.63) is 62.6 Å². The maximum atomic E-state index is 14.5. The van der Waals surface area contributed by atoms with Crippen LogP contribution in [-0.4, -0.2) is 11.5 Å². The predicted molar refractivity (Wildman–Crippen MR) is 88.2 cm³/mol. The fourth-order valence-electron chi connectivity index (χ4n) is 2.14. The van der Waals surface area contributed by atoms with Crippen LogP contribution in [0.4, 0.5) is 4.39 Å². The SMILES string of the molecule is CCCNC(c1cc(C)ccn1)c1ccc(Br)c(Cl)c1F. The van der Waals surface area contributed by atoms with Crippen molar-refractivity contribution in [3.63, 3.8) is 0 Å². The summed E-state index contributed by atoms with van der Waals surface area (Å²) in [6.07, 6.45) is 2.69. The van der Waals surface area contributed by atoms with Crippen molar-refractivity contribution in [2.24, 2.45) is 0 Å². The van der Waals surface area contributed by atoms with Crippen LogP contribution in [0.15, 0.2) is 34.9 Å². The number of hydrogen-bond acceptors (Lipinski definition) is 2. The van der Waals surface area contributed by atoms with Gasteiger partial charge in [0, 0.05) is 16.2 Å². The number of rotatable bonds is 5. The van der Waals surface area contributed by atoms with Crippen molar-refractivity contribution in [3.8, 4) is 0 Å². The van der Waals surface area contributed by atoms with E-state index in [0.717, 1.165) is 24.2 Å². The Balaban J connectivity index is 2.48. The molecule has 1 aromatic heterocycles. The molecule has 0 aliphatic rings. The van der Waals surface area contributed by atoms with E-state index in [1.54, 1.807) is 18.3 Å². The molecule has 2 aromatic rings. The first-order valence-corrected chi connectivity index (χ1v) is 8.01. The largest absolute Gasteiger partial charge is 0.305 e. The summed E-state index contributed by atoms with van der Waals surface area (Å²) in [6.45, 7) is 4.83. The summed E-state index contributed by atoms with van der Waals surface area (Å²) in [5.41, 5.74) is 2.39. The van der Waals surface area contributed by atoms with Gasteiger partial charge in [0.05, 0.1) is 16.8 Å². The maximum Gasteiger partial charge on any atom is 0.148 e. The molecule has 0 aliphatic heterocycles. The molecule has 2 nitrogen and oxygen atoms in total. The number of nitrogens with zero attached hydrogens (tertiary/aromatic N) is 1. The van der Waals surface area contributed by atoms with Crippen LogP contribution >= 0.6 is 27.5 Å². The van der Waals surface area contributed by atoms with E-state index in [-0.39, 0.29) is 11.1 Å². The molecule has 1 unspecified atom stereocenters. The van der Waals surface area contributed by atoms with Crippen LogP contribution < -0.4 is 5.32 Å². The third-order valence-electron chi connectivity index (χ3n) is 3.21. The van der Waals surface area contributed by atoms with E-state index in [4.69, 9.17) is 11.6 Å². The summed E-state index contributed by atoms with van der Waals surface area (Å²) >= 11 is 9.25. The van der Waals surface area contributed by atoms with E-state index in [0.29, 0.717) is 10.0 Å². The van der Waals surface area contributed by atoms with Crippen molar-refractivity contribution in [2.45, 2.75) is 26.3 Å². The molecule has 1 atom stereocenters. The van der Waals surface area contributed by atoms with Gasteiger partial charge in [-0.1, -0.05) is 24.6 Å². The summed E-state index contributed by atoms with van der Waals surface area (Å²) in [4.78, 5) is 4.38. The standard InChI is InChI=1S/C16H17BrClFN2/c1-3-7-21-16(13-9-10(2)6-8-20-13)11-4-5-12(17)14(18)15(11)19/h4-6,8-9,16,21H,3,7H2,1-2H3. The highest BCUT2D eigenvalue weighted by Gasteiger charge is 2.21. The van der Waals surface area contributed by atoms with Gasteiger partial charge in [0.1, 0.15) is 5.82 Å². The van der Waals surface area contributed by atoms with E-state index in [1.807, 2.05) is 19.1 Å². The zero-order chi connectivity index (χ0) is 15.4. The molecule has 1 heterocycles. The smallest absolute Gasteiger partial charge is 0.148 e. The van der Waals surface area contributed by atoms with Crippen molar-refractivity contribution in [2.75, 3.05) is 6.54 Å². The average Bonchev–Trinajstić information content (AvgIpc) is 2.47. The Morgan fingerprint density at radius 2 is 2.14 bits per heavy atom. The monoisotopic (exact) mass is 370 g/mol. The molecule has 0 aliphatic carbocycles. The average molecular weight is 372 g/mol. The van der Waals surface area contributed by atoms with Gasteiger partial charge in [-0.25, -0.2) is 4.39 Å². The van der Waals surface area contributed by atoms with Crippen molar-refractivity contribution < 1.29 is 4.39 Å². The Morgan fingerprint density at radius 3 is 2.81 bits per heavy atom. The Bertz CT molecular complexity index is 634. The molecule has 5 heteroatoms. The molecule has 0 fully saturated rings. The van der Waals surface area contributed by atoms with Gasteiger partial charge in [-0.3, -0.25) is 4.98 Å². The second-order valence-corrected chi connectivity index (χ2v) is 6.14. The topological polar surface area (TPSA) is 24.9 Å². The highest BCUT2D eigenvalue weighted by molar-refractivity contribution is 9.10. The second-order valence-electron chi connectivity index (χ2n) is 4.91. The number of pyridine rings is 1. The zero-order valence-electron chi connectivity index (χ0n) is 12.0. The van der Waals surface area contributed by atoms with Gasteiger partial charge < -0.3 is 5.32 Å². The van der Waals surface area contributed by atoms with Crippen LogP contribution in [-0.2, 0) is 0 Å². The van der Waals surface area contributed by atoms with Crippen LogP contribution in [0, 0.1) is 12.7 Å². The van der Waals surface area contributed by atoms with E-state index in [1.165, 1.54) is 0 Å². The molecule has 0 spiro atoms. The van der Waals surface area contributed by atoms with Crippen LogP contribution in [0.3, 0.4) is 0 Å². The first-order chi connectivity index (χ1) is 10.0. The zero-order valence-corrected chi connectivity index (χ0v) is 14.3. The van der Waals surface area contributed by atoms with Crippen molar-refractivity contribution >= 4 is 27.5 Å². The van der Waals surface area contributed by atoms with Crippen LogP contribution in [0.1, 0.15) is 36.2 Å². The van der Waals surface area contributed by atoms with Crippen molar-refractivity contribution in [1.82, 2.24) is 10.3 Å². The summed E-state index contributed by atoms with van der Waals surface area (Å²) in [6, 6.07) is 7.07. The molecule has 1 aromatic carbocycles. The Labute approximate surface area is 137 Å². The third-order valence-corrected chi connectivity index (χ3v) is 4.47. The normalized spacial score (nSPS) is 12.4. The quantitative estimate of drug-likeness (QED) is 0.745. The minimum absolute atomic E-state index is 0.100. The molecular formula is C16H17BrClFN2. The molecule has 0 bridgehead atoms. The molecule has 21 heavy (non-hydrogen) atoms. The first kappa shape index (κ1) is 16.4. The van der Waals surface area contributed by atoms with Gasteiger partial charge in [-0.05, 0) is 59.6 Å². The molecule has 0 saturated carbocycles. The summed E-state index contributed by atoms with van der Waals surface area (Å²) in [7, 11) is 0. The molecule has 1 N–H and O–H groups in total. The second kappa shape index (κ2) is 7.34. The lowest BCUT2D eigenvalue weighted by Gasteiger charge is -2.20. The molecule has 0 radical (unpaired) electrons. The van der Waals surface area contributed by atoms with Crippen LogP contribution in [0.25, 0.3) is 0 Å². The number of aryl methyl sites for hydroxylation is 1. The fraction of sp³-hybridized carbons (Fsp3) is 0.312. The van der Waals surface area contributed by atoms with E-state index in [2.05, 4.69) is 33.2 Å². The van der Waals surface area contributed by atoms with Gasteiger partial charge in [0.2, 0.25) is 0 Å². The van der Waals surface area contributed by atoms with Crippen LogP contribution in [0.5, 0.6) is 0 Å². The highest BCUT2D eigenvalue weighted by atomic mass is 79.9. The minimum atomic E-state index is -0.414. The van der Waals surface area contributed by atoms with Crippen LogP contribution in [0.2, 0.25) is 5.02 Å². The molecule has 0 saturated heterocycles. The number of benzene rings is 1. The van der Waals surface area contributed by atoms with E-state index in [9.17, 15) is 4.39 Å². The highest BCUT2D eigenvalue weighted by Crippen LogP contribution is 2.32. The summed E-state index contributed by atoms with van der Waals surface area (Å²) in [5.74, 6) is -0.414. The number of halogens is 3. The predicted octanol–water partition coefficient (Wildman–Crippen LogP) is 5.03. The van der Waals surface area contributed by atoms with Gasteiger partial charge in [-0.15, -0.1) is 0 Å². The molecular weight excluding hydrogens is 355 g/mol. The molecule has 112 valence electrons. The Hall–Kier alpha value is -0.970. The van der Waals surface area contributed by atoms with Gasteiger partial charge >= 0.3 is 0 Å². The van der Waals surface area contributed by atoms with Gasteiger partial charge in [-0.2, -0.15) is 0 Å². The Kier molecular flexibility index (Phi) is 5.73. The third kappa shape index (κ3) is 3.82. The van der Waals surface area contributed by atoms with E-state index < -0.39 is 5.82 Å². The van der Waals surface area contributed by atoms with Gasteiger partial charge in [0.15, 0.2) is 0 Å². The maximum absolute atomic E-state index is 14.5. The lowest BCUT2D eigenvalue weighted by molar-refractivity contribution is 0.539. The lowest BCUT2D eigenvalue weighted by Crippen LogP contribution is -2.25. The number of aromatic nitrogens is 1. The molecule has 0 amide bonds. The number of hydrogen-bond donors (Lipinski definition) is 1. The summed E-state index contributed by atoms with van der Waals surface area (Å²) in [5, 5.41) is 3.44. The lowest BCUT2D eigenvalue weighted by atomic mass is 10.0. The fourth-order valence-corrected chi connectivity index (χ4v) is 2.62. The van der Waals surface area contributed by atoms with E-state index >= 15 is 0 Å². The Morgan fingerprint density at radius 1 is 1.38 bits per heavy atom. The minimum Gasteiger partial charge on any atom is -0.305 e. The number of nitrogens with one attached hydrogen (secondary N) is 1. The first-order valence-electron chi connectivity index (χ1n) is 6.84.